The van der Waals surface area contributed by atoms with Crippen LogP contribution >= 0.6 is 0 Å². The van der Waals surface area contributed by atoms with E-state index in [1.165, 1.54) is 0 Å². The molecule has 3 heterocycles. The largest absolute Gasteiger partial charge is 0.340 e. The van der Waals surface area contributed by atoms with Gasteiger partial charge in [0.25, 0.3) is 0 Å². The van der Waals surface area contributed by atoms with E-state index >= 15 is 0 Å². The van der Waals surface area contributed by atoms with Gasteiger partial charge in [-0.05, 0) is 38.0 Å². The molecule has 0 aliphatic carbocycles. The first-order valence-corrected chi connectivity index (χ1v) is 7.48. The normalized spacial score (nSPS) is 18.0. The molecule has 1 atom stereocenters. The van der Waals surface area contributed by atoms with E-state index in [2.05, 4.69) is 25.2 Å². The topological polar surface area (TPSA) is 71.0 Å². The molecule has 2 aromatic rings. The molecule has 0 spiro atoms. The van der Waals surface area contributed by atoms with Crippen molar-refractivity contribution in [3.63, 3.8) is 0 Å². The van der Waals surface area contributed by atoms with Crippen molar-refractivity contribution >= 4 is 17.5 Å². The van der Waals surface area contributed by atoms with Crippen LogP contribution in [0.1, 0.15) is 18.5 Å². The zero-order valence-corrected chi connectivity index (χ0v) is 12.6. The van der Waals surface area contributed by atoms with Gasteiger partial charge in [-0.2, -0.15) is 0 Å². The lowest BCUT2D eigenvalue weighted by molar-refractivity contribution is -0.120. The number of aryl methyl sites for hydroxylation is 1. The summed E-state index contributed by atoms with van der Waals surface area (Å²) < 4.78 is 0. The predicted molar refractivity (Wildman–Crippen MR) is 84.6 cm³/mol. The number of hydrogen-bond acceptors (Lipinski definition) is 5. The van der Waals surface area contributed by atoms with E-state index in [0.717, 1.165) is 30.8 Å². The van der Waals surface area contributed by atoms with Crippen LogP contribution in [0.15, 0.2) is 36.8 Å². The number of pyridine rings is 1. The van der Waals surface area contributed by atoms with E-state index in [-0.39, 0.29) is 11.8 Å². The van der Waals surface area contributed by atoms with Gasteiger partial charge < -0.3 is 10.2 Å². The summed E-state index contributed by atoms with van der Waals surface area (Å²) in [5, 5.41) is 2.93. The highest BCUT2D eigenvalue weighted by Crippen LogP contribution is 2.21. The second kappa shape index (κ2) is 6.51. The molecule has 1 aliphatic heterocycles. The van der Waals surface area contributed by atoms with Crippen molar-refractivity contribution in [2.45, 2.75) is 19.8 Å². The Morgan fingerprint density at radius 1 is 1.36 bits per heavy atom. The number of amides is 1. The molecule has 114 valence electrons. The van der Waals surface area contributed by atoms with Crippen molar-refractivity contribution in [2.75, 3.05) is 23.3 Å². The van der Waals surface area contributed by atoms with Crippen molar-refractivity contribution in [1.29, 1.82) is 0 Å². The molecule has 2 aromatic heterocycles. The SMILES string of the molecule is Cc1ccnc(N2CCCC(C(=O)Nc3cccnc3)C2)n1. The number of hydrogen-bond donors (Lipinski definition) is 1. The lowest BCUT2D eigenvalue weighted by Crippen LogP contribution is -2.41. The number of nitrogens with zero attached hydrogens (tertiary/aromatic N) is 4. The van der Waals surface area contributed by atoms with Crippen LogP contribution in [-0.2, 0) is 4.79 Å². The summed E-state index contributed by atoms with van der Waals surface area (Å²) >= 11 is 0. The molecule has 6 heteroatoms. The minimum absolute atomic E-state index is 0.0327. The molecule has 1 N–H and O–H groups in total. The number of anilines is 2. The molecule has 6 nitrogen and oxygen atoms in total. The minimum atomic E-state index is -0.0573. The van der Waals surface area contributed by atoms with Gasteiger partial charge in [0.15, 0.2) is 0 Å². The number of carbonyl (C=O) groups excluding carboxylic acids is 1. The first kappa shape index (κ1) is 14.4. The maximum atomic E-state index is 12.4. The fourth-order valence-corrected chi connectivity index (χ4v) is 2.64. The number of piperidine rings is 1. The smallest absolute Gasteiger partial charge is 0.229 e. The molecule has 1 fully saturated rings. The first-order valence-electron chi connectivity index (χ1n) is 7.48. The van der Waals surface area contributed by atoms with Gasteiger partial charge in [-0.15, -0.1) is 0 Å². The standard InChI is InChI=1S/C16H19N5O/c1-12-6-8-18-16(19-12)21-9-3-4-13(11-21)15(22)20-14-5-2-7-17-10-14/h2,5-8,10,13H,3-4,9,11H2,1H3,(H,20,22). The maximum Gasteiger partial charge on any atom is 0.229 e. The Hall–Kier alpha value is -2.50. The molecule has 0 bridgehead atoms. The average Bonchev–Trinajstić information content (AvgIpc) is 2.56. The molecule has 1 unspecified atom stereocenters. The van der Waals surface area contributed by atoms with Crippen LogP contribution in [0.2, 0.25) is 0 Å². The summed E-state index contributed by atoms with van der Waals surface area (Å²) in [5.74, 6) is 0.683. The van der Waals surface area contributed by atoms with Gasteiger partial charge in [0.1, 0.15) is 0 Å². The van der Waals surface area contributed by atoms with Crippen molar-refractivity contribution in [3.8, 4) is 0 Å². The second-order valence-corrected chi connectivity index (χ2v) is 5.51. The Balaban J connectivity index is 1.66. The van der Waals surface area contributed by atoms with Gasteiger partial charge in [-0.3, -0.25) is 9.78 Å². The van der Waals surface area contributed by atoms with E-state index in [1.807, 2.05) is 25.1 Å². The Bertz CT molecular complexity index is 646. The lowest BCUT2D eigenvalue weighted by Gasteiger charge is -2.32. The van der Waals surface area contributed by atoms with Gasteiger partial charge in [0.2, 0.25) is 11.9 Å². The predicted octanol–water partition coefficient (Wildman–Crippen LogP) is 2.04. The Morgan fingerprint density at radius 3 is 3.05 bits per heavy atom. The highest BCUT2D eigenvalue weighted by atomic mass is 16.1. The van der Waals surface area contributed by atoms with E-state index in [4.69, 9.17) is 0 Å². The van der Waals surface area contributed by atoms with Crippen molar-refractivity contribution in [1.82, 2.24) is 15.0 Å². The van der Waals surface area contributed by atoms with Gasteiger partial charge >= 0.3 is 0 Å². The highest BCUT2D eigenvalue weighted by molar-refractivity contribution is 5.92. The first-order chi connectivity index (χ1) is 10.7. The monoisotopic (exact) mass is 297 g/mol. The van der Waals surface area contributed by atoms with Crippen LogP contribution in [0.5, 0.6) is 0 Å². The van der Waals surface area contributed by atoms with Crippen molar-refractivity contribution < 1.29 is 4.79 Å². The maximum absolute atomic E-state index is 12.4. The molecule has 0 aromatic carbocycles. The lowest BCUT2D eigenvalue weighted by atomic mass is 9.97. The van der Waals surface area contributed by atoms with Gasteiger partial charge in [0, 0.05) is 31.2 Å². The average molecular weight is 297 g/mol. The molecular weight excluding hydrogens is 278 g/mol. The van der Waals surface area contributed by atoms with E-state index < -0.39 is 0 Å². The molecule has 22 heavy (non-hydrogen) atoms. The molecule has 1 amide bonds. The number of carbonyl (C=O) groups is 1. The van der Waals surface area contributed by atoms with Crippen LogP contribution in [0.3, 0.4) is 0 Å². The summed E-state index contributed by atoms with van der Waals surface area (Å²) in [6, 6.07) is 5.53. The quantitative estimate of drug-likeness (QED) is 0.938. The third-order valence-corrected chi connectivity index (χ3v) is 3.79. The van der Waals surface area contributed by atoms with Gasteiger partial charge in [-0.1, -0.05) is 0 Å². The zero-order valence-electron chi connectivity index (χ0n) is 12.6. The van der Waals surface area contributed by atoms with Crippen LogP contribution in [0, 0.1) is 12.8 Å². The molecule has 3 rings (SSSR count). The molecular formula is C16H19N5O. The summed E-state index contributed by atoms with van der Waals surface area (Å²) in [7, 11) is 0. The van der Waals surface area contributed by atoms with Crippen molar-refractivity contribution in [3.05, 3.63) is 42.5 Å². The fraction of sp³-hybridized carbons (Fsp3) is 0.375. The van der Waals surface area contributed by atoms with Crippen LogP contribution in [0.25, 0.3) is 0 Å². The van der Waals surface area contributed by atoms with E-state index in [9.17, 15) is 4.79 Å². The Morgan fingerprint density at radius 2 is 2.27 bits per heavy atom. The minimum Gasteiger partial charge on any atom is -0.340 e. The second-order valence-electron chi connectivity index (χ2n) is 5.51. The zero-order chi connectivity index (χ0) is 15.4. The molecule has 1 saturated heterocycles. The third-order valence-electron chi connectivity index (χ3n) is 3.79. The van der Waals surface area contributed by atoms with E-state index in [1.54, 1.807) is 18.6 Å². The van der Waals surface area contributed by atoms with Gasteiger partial charge in [-0.25, -0.2) is 9.97 Å². The van der Waals surface area contributed by atoms with Gasteiger partial charge in [0.05, 0.1) is 17.8 Å². The third kappa shape index (κ3) is 3.39. The van der Waals surface area contributed by atoms with E-state index in [0.29, 0.717) is 12.5 Å². The summed E-state index contributed by atoms with van der Waals surface area (Å²) in [6.07, 6.45) is 6.95. The van der Waals surface area contributed by atoms with Crippen molar-refractivity contribution in [2.24, 2.45) is 5.92 Å². The number of rotatable bonds is 3. The molecule has 0 saturated carbocycles. The summed E-state index contributed by atoms with van der Waals surface area (Å²) in [5.41, 5.74) is 1.67. The van der Waals surface area contributed by atoms with Crippen LogP contribution in [0.4, 0.5) is 11.6 Å². The molecule has 0 radical (unpaired) electrons. The van der Waals surface area contributed by atoms with Crippen LogP contribution < -0.4 is 10.2 Å². The Labute approximate surface area is 129 Å². The van der Waals surface area contributed by atoms with Crippen LogP contribution in [-0.4, -0.2) is 33.9 Å². The highest BCUT2D eigenvalue weighted by Gasteiger charge is 2.27. The number of nitrogens with one attached hydrogen (secondary N) is 1. The number of aromatic nitrogens is 3. The summed E-state index contributed by atoms with van der Waals surface area (Å²) in [4.78, 5) is 27.3. The Kier molecular flexibility index (Phi) is 4.27. The fourth-order valence-electron chi connectivity index (χ4n) is 2.64. The summed E-state index contributed by atoms with van der Waals surface area (Å²) in [6.45, 7) is 3.48. The molecule has 1 aliphatic rings.